The molecule has 4 nitrogen and oxygen atoms in total. The van der Waals surface area contributed by atoms with E-state index in [0.29, 0.717) is 0 Å². The van der Waals surface area contributed by atoms with Gasteiger partial charge in [-0.1, -0.05) is 0 Å². The Kier molecular flexibility index (Phi) is 0.780. The molecular formula is C2H7NO3S. The molecule has 0 rings (SSSR count). The molecule has 5 heteroatoms. The lowest BCUT2D eigenvalue weighted by Crippen LogP contribution is -2.13. The molecule has 0 saturated heterocycles. The van der Waals surface area contributed by atoms with Crippen LogP contribution < -0.4 is 5.72 Å². The van der Waals surface area contributed by atoms with Crippen molar-refractivity contribution in [3.8, 4) is 0 Å². The monoisotopic (exact) mass is 129 g/mol. The Morgan fingerprint density at radius 2 is 2.57 bits per heavy atom. The summed E-state index contributed by atoms with van der Waals surface area (Å²) >= 11 is 0. The molecule has 0 aliphatic rings. The fourth-order valence-electron chi connectivity index (χ4n) is 0.0816. The second-order valence-corrected chi connectivity index (χ2v) is 2.34. The van der Waals surface area contributed by atoms with Crippen LogP contribution >= 0.6 is 0 Å². The minimum atomic E-state index is -4.48. The molecule has 3 N–H and O–H groups in total. The molecule has 0 aliphatic heterocycles. The summed E-state index contributed by atoms with van der Waals surface area (Å²) in [4.78, 5) is 0. The maximum Gasteiger partial charge on any atom is 0.266 e. The molecule has 7 heavy (non-hydrogen) atoms. The van der Waals surface area contributed by atoms with Crippen molar-refractivity contribution in [3.05, 3.63) is 0 Å². The molecular weight excluding hydrogens is 118 g/mol. The van der Waals surface area contributed by atoms with E-state index in [1.54, 1.807) is 0 Å². The van der Waals surface area contributed by atoms with Crippen molar-refractivity contribution in [2.24, 2.45) is 5.72 Å². The molecule has 0 atom stereocenters. The Labute approximate surface area is 47.8 Å². The second-order valence-electron chi connectivity index (χ2n) is 0.884. The molecule has 0 bridgehead atoms. The fraction of sp³-hybridized carbons (Fsp3) is 1.00. The lowest BCUT2D eigenvalue weighted by Gasteiger charge is -1.86. The lowest BCUT2D eigenvalue weighted by molar-refractivity contribution is 0.483. The van der Waals surface area contributed by atoms with Crippen LogP contribution in [0.25, 0.3) is 0 Å². The van der Waals surface area contributed by atoms with Crippen molar-refractivity contribution >= 4 is 10.1 Å². The largest absolute Gasteiger partial charge is 0.329 e. The molecule has 44 valence electrons. The Hall–Kier alpha value is -0.130. The highest BCUT2D eigenvalue weighted by Crippen LogP contribution is 1.74. The fourth-order valence-corrected chi connectivity index (χ4v) is 0.245. The van der Waals surface area contributed by atoms with Crippen LogP contribution in [0.4, 0.5) is 0 Å². The van der Waals surface area contributed by atoms with Gasteiger partial charge in [-0.2, -0.15) is 8.42 Å². The third-order valence-electron chi connectivity index (χ3n) is 0.247. The predicted molar refractivity (Wildman–Crippen MR) is 25.5 cm³/mol. The first-order chi connectivity index (χ1) is 4.65. The smallest absolute Gasteiger partial charge is 0.266 e. The van der Waals surface area contributed by atoms with Crippen molar-refractivity contribution in [2.75, 3.05) is 12.2 Å². The summed E-state index contributed by atoms with van der Waals surface area (Å²) in [5.41, 5.74) is -0.416. The van der Waals surface area contributed by atoms with Gasteiger partial charge in [-0.15, -0.1) is 0 Å². The van der Waals surface area contributed by atoms with E-state index < -0.39 is 28.1 Å². The highest BCUT2D eigenvalue weighted by Gasteiger charge is 1.98. The molecule has 0 amide bonds. The average molecular weight is 129 g/mol. The molecule has 0 spiro atoms. The SMILES string of the molecule is [2H]N([2H])C([2H])([2H])CS(=O)(=O)O. The van der Waals surface area contributed by atoms with Crippen LogP contribution in [0.2, 0.25) is 2.82 Å². The predicted octanol–water partition coefficient (Wildman–Crippen LogP) is -1.17. The highest BCUT2D eigenvalue weighted by molar-refractivity contribution is 7.85. The Morgan fingerprint density at radius 1 is 2.00 bits per heavy atom. The van der Waals surface area contributed by atoms with Gasteiger partial charge in [0.1, 0.15) is 2.82 Å². The third kappa shape index (κ3) is 5.87. The number of hydrogen-bond donors (Lipinski definition) is 2. The van der Waals surface area contributed by atoms with E-state index in [1.807, 2.05) is 0 Å². The normalized spacial score (nSPS) is 22.6. The van der Waals surface area contributed by atoms with Crippen LogP contribution in [0.1, 0.15) is 2.74 Å². The summed E-state index contributed by atoms with van der Waals surface area (Å²) < 4.78 is 54.5. The zero-order valence-electron chi connectivity index (χ0n) is 7.33. The van der Waals surface area contributed by atoms with Gasteiger partial charge < -0.3 is 5.72 Å². The number of hydrogen-bond acceptors (Lipinski definition) is 3. The topological polar surface area (TPSA) is 80.4 Å². The van der Waals surface area contributed by atoms with E-state index >= 15 is 0 Å². The first kappa shape index (κ1) is 2.43. The summed E-state index contributed by atoms with van der Waals surface area (Å²) in [7, 11) is -4.48. The van der Waals surface area contributed by atoms with Crippen LogP contribution in [-0.4, -0.2) is 25.2 Å². The highest BCUT2D eigenvalue weighted by atomic mass is 32.2. The maximum atomic E-state index is 10.1. The van der Waals surface area contributed by atoms with Crippen LogP contribution in [0.15, 0.2) is 0 Å². The van der Waals surface area contributed by atoms with E-state index in [0.717, 1.165) is 0 Å². The second kappa shape index (κ2) is 2.25. The summed E-state index contributed by atoms with van der Waals surface area (Å²) in [5, 5.41) is 0. The summed E-state index contributed by atoms with van der Waals surface area (Å²) in [6, 6.07) is 0. The molecule has 0 aromatic carbocycles. The summed E-state index contributed by atoms with van der Waals surface area (Å²) in [6.07, 6.45) is 0. The lowest BCUT2D eigenvalue weighted by atomic mass is 10.8. The van der Waals surface area contributed by atoms with E-state index in [-0.39, 0.29) is 0 Å². The standard InChI is InChI=1S/C2H7NO3S/c3-1-2-7(4,5)6/h1-3H2,(H,4,5,6)/i1D2/hD2. The van der Waals surface area contributed by atoms with Crippen molar-refractivity contribution in [1.29, 1.82) is 0 Å². The van der Waals surface area contributed by atoms with Gasteiger partial charge in [0.25, 0.3) is 10.1 Å². The average Bonchev–Trinajstić information content (AvgIpc) is 1.56. The van der Waals surface area contributed by atoms with Crippen LogP contribution in [0, 0.1) is 0 Å². The van der Waals surface area contributed by atoms with Gasteiger partial charge in [0.2, 0.25) is 0 Å². The molecule has 0 aromatic heterocycles. The van der Waals surface area contributed by atoms with Crippen molar-refractivity contribution in [3.63, 3.8) is 0 Å². The Morgan fingerprint density at radius 3 is 2.71 bits per heavy atom. The molecule has 0 fully saturated rings. The first-order valence-corrected chi connectivity index (χ1v) is 2.99. The van der Waals surface area contributed by atoms with Crippen molar-refractivity contribution in [2.45, 2.75) is 0 Å². The van der Waals surface area contributed by atoms with E-state index in [1.165, 1.54) is 0 Å². The molecule has 0 saturated carbocycles. The number of rotatable bonds is 3. The molecule has 0 aromatic rings. The molecule has 0 unspecified atom stereocenters. The van der Waals surface area contributed by atoms with E-state index in [4.69, 9.17) is 10.1 Å². The Balaban J connectivity index is 4.38. The van der Waals surface area contributed by atoms with E-state index in [2.05, 4.69) is 0 Å². The van der Waals surface area contributed by atoms with Crippen LogP contribution in [-0.2, 0) is 10.1 Å². The Bertz CT molecular complexity index is 223. The molecule has 0 radical (unpaired) electrons. The zero-order valence-corrected chi connectivity index (χ0v) is 4.14. The van der Waals surface area contributed by atoms with Gasteiger partial charge in [-0.3, -0.25) is 4.55 Å². The van der Waals surface area contributed by atoms with Gasteiger partial charge in [0.05, 0.1) is 5.75 Å². The van der Waals surface area contributed by atoms with Gasteiger partial charge in [0.15, 0.2) is 0 Å². The quantitative estimate of drug-likeness (QED) is 0.471. The zero-order chi connectivity index (χ0) is 9.28. The minimum Gasteiger partial charge on any atom is -0.329 e. The first-order valence-electron chi connectivity index (χ1n) is 3.28. The maximum absolute atomic E-state index is 10.1. The van der Waals surface area contributed by atoms with Gasteiger partial charge >= 0.3 is 0 Å². The molecule has 0 heterocycles. The number of nitrogens with two attached hydrogens (primary N) is 1. The van der Waals surface area contributed by atoms with Gasteiger partial charge in [-0.25, -0.2) is 0 Å². The summed E-state index contributed by atoms with van der Waals surface area (Å²) in [5.74, 6) is -1.28. The van der Waals surface area contributed by atoms with Crippen LogP contribution in [0.5, 0.6) is 0 Å². The summed E-state index contributed by atoms with van der Waals surface area (Å²) in [6.45, 7) is -2.69. The molecule has 0 aliphatic carbocycles. The van der Waals surface area contributed by atoms with Crippen molar-refractivity contribution < 1.29 is 18.5 Å². The minimum absolute atomic E-state index is 0.416. The van der Waals surface area contributed by atoms with Crippen LogP contribution in [0.3, 0.4) is 0 Å². The van der Waals surface area contributed by atoms with Crippen molar-refractivity contribution in [1.82, 2.24) is 0 Å². The van der Waals surface area contributed by atoms with E-state index in [9.17, 15) is 8.42 Å². The van der Waals surface area contributed by atoms with Gasteiger partial charge in [0, 0.05) is 9.24 Å². The van der Waals surface area contributed by atoms with Gasteiger partial charge in [-0.05, 0) is 0 Å². The third-order valence-corrected chi connectivity index (χ3v) is 0.741.